The van der Waals surface area contributed by atoms with E-state index in [1.807, 2.05) is 12.1 Å². The van der Waals surface area contributed by atoms with Gasteiger partial charge in [0.05, 0.1) is 0 Å². The maximum absolute atomic E-state index is 13.7. The van der Waals surface area contributed by atoms with Crippen LogP contribution in [0.4, 0.5) is 4.39 Å². The molecule has 0 aromatic heterocycles. The van der Waals surface area contributed by atoms with E-state index in [1.165, 1.54) is 11.0 Å². The fourth-order valence-electron chi connectivity index (χ4n) is 2.03. The van der Waals surface area contributed by atoms with E-state index < -0.39 is 0 Å². The van der Waals surface area contributed by atoms with Gasteiger partial charge in [0.2, 0.25) is 0 Å². The third kappa shape index (κ3) is 3.98. The molecule has 0 spiro atoms. The van der Waals surface area contributed by atoms with Crippen molar-refractivity contribution in [3.8, 4) is 0 Å². The molecule has 0 saturated heterocycles. The second-order valence-corrected chi connectivity index (χ2v) is 6.32. The number of benzene rings is 2. The smallest absolute Gasteiger partial charge is 0.126 e. The average molecular weight is 310 g/mol. The second-order valence-electron chi connectivity index (χ2n) is 4.55. The molecular formula is C16H17ClFNS. The van der Waals surface area contributed by atoms with Crippen molar-refractivity contribution in [2.24, 2.45) is 5.73 Å². The summed E-state index contributed by atoms with van der Waals surface area (Å²) in [5, 5.41) is 0.531. The maximum Gasteiger partial charge on any atom is 0.126 e. The molecule has 0 fully saturated rings. The van der Waals surface area contributed by atoms with E-state index in [2.05, 4.69) is 19.1 Å². The Morgan fingerprint density at radius 2 is 1.90 bits per heavy atom. The molecule has 1 atom stereocenters. The van der Waals surface area contributed by atoms with Crippen LogP contribution in [-0.4, -0.2) is 5.75 Å². The Balaban J connectivity index is 2.11. The molecule has 0 heterocycles. The molecule has 0 bridgehead atoms. The zero-order valence-corrected chi connectivity index (χ0v) is 12.8. The molecule has 0 aliphatic heterocycles. The minimum atomic E-state index is -0.261. The van der Waals surface area contributed by atoms with E-state index in [9.17, 15) is 4.39 Å². The summed E-state index contributed by atoms with van der Waals surface area (Å²) in [6.07, 6.45) is 0.437. The van der Waals surface area contributed by atoms with Crippen molar-refractivity contribution in [2.75, 3.05) is 5.75 Å². The van der Waals surface area contributed by atoms with Gasteiger partial charge in [0.25, 0.3) is 0 Å². The first kappa shape index (κ1) is 15.4. The number of hydrogen-bond donors (Lipinski definition) is 1. The summed E-state index contributed by atoms with van der Waals surface area (Å²) in [4.78, 5) is 1.22. The van der Waals surface area contributed by atoms with Gasteiger partial charge < -0.3 is 5.73 Å². The van der Waals surface area contributed by atoms with Crippen LogP contribution in [0, 0.1) is 5.82 Å². The summed E-state index contributed by atoms with van der Waals surface area (Å²) in [5.41, 5.74) is 7.71. The van der Waals surface area contributed by atoms with Crippen LogP contribution in [0.15, 0.2) is 47.4 Å². The molecule has 0 amide bonds. The molecule has 2 aromatic carbocycles. The summed E-state index contributed by atoms with van der Waals surface area (Å²) >= 11 is 7.68. The number of rotatable bonds is 5. The van der Waals surface area contributed by atoms with Crippen molar-refractivity contribution in [1.82, 2.24) is 0 Å². The monoisotopic (exact) mass is 309 g/mol. The molecule has 4 heteroatoms. The first-order chi connectivity index (χ1) is 9.60. The summed E-state index contributed by atoms with van der Waals surface area (Å²) < 4.78 is 13.7. The lowest BCUT2D eigenvalue weighted by Gasteiger charge is -2.13. The molecule has 0 saturated carbocycles. The summed E-state index contributed by atoms with van der Waals surface area (Å²) in [7, 11) is 0. The molecule has 1 nitrogen and oxygen atoms in total. The zero-order chi connectivity index (χ0) is 14.5. The quantitative estimate of drug-likeness (QED) is 0.800. The van der Waals surface area contributed by atoms with E-state index in [0.29, 0.717) is 17.0 Å². The average Bonchev–Trinajstić information content (AvgIpc) is 2.44. The molecule has 20 heavy (non-hydrogen) atoms. The van der Waals surface area contributed by atoms with E-state index in [4.69, 9.17) is 17.3 Å². The summed E-state index contributed by atoms with van der Waals surface area (Å²) in [5.74, 6) is 0.780. The lowest BCUT2D eigenvalue weighted by atomic mass is 9.99. The Labute approximate surface area is 128 Å². The van der Waals surface area contributed by atoms with E-state index in [-0.39, 0.29) is 11.9 Å². The van der Waals surface area contributed by atoms with Crippen LogP contribution >= 0.6 is 23.4 Å². The second kappa shape index (κ2) is 7.11. The minimum absolute atomic E-state index is 0.233. The van der Waals surface area contributed by atoms with Crippen molar-refractivity contribution < 1.29 is 4.39 Å². The maximum atomic E-state index is 13.7. The van der Waals surface area contributed by atoms with Crippen LogP contribution in [0.2, 0.25) is 5.02 Å². The highest BCUT2D eigenvalue weighted by atomic mass is 35.5. The number of thioether (sulfide) groups is 1. The van der Waals surface area contributed by atoms with Gasteiger partial charge in [0.1, 0.15) is 5.82 Å². The van der Waals surface area contributed by atoms with Gasteiger partial charge in [-0.2, -0.15) is 0 Å². The van der Waals surface area contributed by atoms with Gasteiger partial charge in [-0.3, -0.25) is 0 Å². The van der Waals surface area contributed by atoms with Crippen LogP contribution in [0.5, 0.6) is 0 Å². The molecule has 2 N–H and O–H groups in total. The largest absolute Gasteiger partial charge is 0.324 e. The highest BCUT2D eigenvalue weighted by Gasteiger charge is 2.11. The van der Waals surface area contributed by atoms with Gasteiger partial charge in [-0.15, -0.1) is 11.8 Å². The Bertz CT molecular complexity index is 571. The van der Waals surface area contributed by atoms with Gasteiger partial charge in [-0.05, 0) is 53.6 Å². The van der Waals surface area contributed by atoms with Crippen LogP contribution < -0.4 is 5.73 Å². The summed E-state index contributed by atoms with van der Waals surface area (Å²) in [6.45, 7) is 2.12. The van der Waals surface area contributed by atoms with Gasteiger partial charge >= 0.3 is 0 Å². The lowest BCUT2D eigenvalue weighted by molar-refractivity contribution is 0.593. The predicted molar refractivity (Wildman–Crippen MR) is 84.9 cm³/mol. The SMILES string of the molecule is CCSc1ccc(C(N)Cc2cc(Cl)ccc2F)cc1. The van der Waals surface area contributed by atoms with Gasteiger partial charge in [0, 0.05) is 16.0 Å². The Hall–Kier alpha value is -1.03. The zero-order valence-electron chi connectivity index (χ0n) is 11.3. The third-order valence-corrected chi connectivity index (χ3v) is 4.20. The lowest BCUT2D eigenvalue weighted by Crippen LogP contribution is -2.14. The highest BCUT2D eigenvalue weighted by molar-refractivity contribution is 7.99. The number of hydrogen-bond acceptors (Lipinski definition) is 2. The third-order valence-electron chi connectivity index (χ3n) is 3.07. The summed E-state index contributed by atoms with van der Waals surface area (Å²) in [6, 6.07) is 12.4. The Morgan fingerprint density at radius 3 is 2.55 bits per heavy atom. The van der Waals surface area contributed by atoms with Crippen LogP contribution in [-0.2, 0) is 6.42 Å². The number of halogens is 2. The fourth-order valence-corrected chi connectivity index (χ4v) is 2.89. The Kier molecular flexibility index (Phi) is 5.46. The van der Waals surface area contributed by atoms with E-state index in [0.717, 1.165) is 11.3 Å². The highest BCUT2D eigenvalue weighted by Crippen LogP contribution is 2.24. The van der Waals surface area contributed by atoms with Gasteiger partial charge in [-0.25, -0.2) is 4.39 Å². The fraction of sp³-hybridized carbons (Fsp3) is 0.250. The van der Waals surface area contributed by atoms with E-state index >= 15 is 0 Å². The first-order valence-corrected chi connectivity index (χ1v) is 7.88. The molecule has 106 valence electrons. The number of nitrogens with two attached hydrogens (primary N) is 1. The molecular weight excluding hydrogens is 293 g/mol. The topological polar surface area (TPSA) is 26.0 Å². The van der Waals surface area contributed by atoms with Crippen molar-refractivity contribution in [2.45, 2.75) is 24.3 Å². The predicted octanol–water partition coefficient (Wildman–Crippen LogP) is 4.83. The van der Waals surface area contributed by atoms with Crippen LogP contribution in [0.1, 0.15) is 24.1 Å². The molecule has 1 unspecified atom stereocenters. The van der Waals surface area contributed by atoms with Crippen LogP contribution in [0.25, 0.3) is 0 Å². The van der Waals surface area contributed by atoms with Crippen molar-refractivity contribution >= 4 is 23.4 Å². The van der Waals surface area contributed by atoms with Crippen molar-refractivity contribution in [3.63, 3.8) is 0 Å². The first-order valence-electron chi connectivity index (χ1n) is 6.52. The van der Waals surface area contributed by atoms with Crippen LogP contribution in [0.3, 0.4) is 0 Å². The standard InChI is InChI=1S/C16H17ClFNS/c1-2-20-14-6-3-11(4-7-14)16(19)10-12-9-13(17)5-8-15(12)18/h3-9,16H,2,10,19H2,1H3. The molecule has 0 aliphatic carbocycles. The van der Waals surface area contributed by atoms with Gasteiger partial charge in [-0.1, -0.05) is 30.7 Å². The Morgan fingerprint density at radius 1 is 1.20 bits per heavy atom. The van der Waals surface area contributed by atoms with Gasteiger partial charge in [0.15, 0.2) is 0 Å². The van der Waals surface area contributed by atoms with Crippen molar-refractivity contribution in [1.29, 1.82) is 0 Å². The minimum Gasteiger partial charge on any atom is -0.324 e. The molecule has 2 aromatic rings. The van der Waals surface area contributed by atoms with Crippen molar-refractivity contribution in [3.05, 3.63) is 64.4 Å². The molecule has 2 rings (SSSR count). The molecule has 0 radical (unpaired) electrons. The van der Waals surface area contributed by atoms with E-state index in [1.54, 1.807) is 23.9 Å². The normalized spacial score (nSPS) is 12.4. The molecule has 0 aliphatic rings.